The first kappa shape index (κ1) is 21.0. The van der Waals surface area contributed by atoms with Gasteiger partial charge in [0, 0.05) is 42.3 Å². The van der Waals surface area contributed by atoms with E-state index in [1.807, 2.05) is 49.2 Å². The van der Waals surface area contributed by atoms with Gasteiger partial charge in [-0.25, -0.2) is 0 Å². The van der Waals surface area contributed by atoms with E-state index in [1.165, 1.54) is 0 Å². The van der Waals surface area contributed by atoms with Crippen LogP contribution in [-0.2, 0) is 11.2 Å². The van der Waals surface area contributed by atoms with Crippen molar-refractivity contribution in [2.45, 2.75) is 57.8 Å². The Morgan fingerprint density at radius 3 is 2.77 bits per heavy atom. The Kier molecular flexibility index (Phi) is 5.66. The van der Waals surface area contributed by atoms with E-state index in [1.54, 1.807) is 0 Å². The standard InChI is InChI=1S/C23H28F3N3O/c1-3-16(4-2)28-22(30)15-10-18-17-6-5-7-19-21(17)14(12-27-19)11-20(18)29(13-15)9-8-23(24,25)26/h5-7,10,12,15-16,20,27H,3-4,8-9,11,13H2,1-2H3,(H,28,30)/t15-,20-/m1/s1. The monoisotopic (exact) mass is 419 g/mol. The quantitative estimate of drug-likeness (QED) is 0.715. The van der Waals surface area contributed by atoms with Crippen LogP contribution in [0, 0.1) is 5.92 Å². The Bertz CT molecular complexity index is 958. The maximum atomic E-state index is 13.0. The number of fused-ring (bicyclic) bond motifs is 2. The van der Waals surface area contributed by atoms with Crippen LogP contribution in [0.25, 0.3) is 16.5 Å². The number of nitrogens with one attached hydrogen (secondary N) is 2. The minimum absolute atomic E-state index is 0.0864. The molecule has 1 aromatic carbocycles. The number of hydrogen-bond donors (Lipinski definition) is 2. The van der Waals surface area contributed by atoms with Crippen LogP contribution in [-0.4, -0.2) is 47.1 Å². The highest BCUT2D eigenvalue weighted by molar-refractivity contribution is 5.99. The molecule has 4 nitrogen and oxygen atoms in total. The molecule has 2 aromatic rings. The average Bonchev–Trinajstić information content (AvgIpc) is 3.14. The number of alkyl halides is 3. The molecule has 1 amide bonds. The maximum Gasteiger partial charge on any atom is 0.390 e. The number of nitrogens with zero attached hydrogens (tertiary/aromatic N) is 1. The third-order valence-electron chi connectivity index (χ3n) is 6.47. The fourth-order valence-electron chi connectivity index (χ4n) is 4.81. The lowest BCUT2D eigenvalue weighted by Crippen LogP contribution is -2.50. The van der Waals surface area contributed by atoms with Crippen molar-refractivity contribution in [3.05, 3.63) is 41.6 Å². The highest BCUT2D eigenvalue weighted by Crippen LogP contribution is 2.41. The van der Waals surface area contributed by atoms with Gasteiger partial charge in [0.15, 0.2) is 0 Å². The average molecular weight is 419 g/mol. The second kappa shape index (κ2) is 8.10. The zero-order valence-electron chi connectivity index (χ0n) is 17.4. The van der Waals surface area contributed by atoms with Crippen LogP contribution in [0.1, 0.15) is 44.2 Å². The number of carbonyl (C=O) groups is 1. The van der Waals surface area contributed by atoms with Gasteiger partial charge in [-0.15, -0.1) is 0 Å². The third kappa shape index (κ3) is 4.00. The summed E-state index contributed by atoms with van der Waals surface area (Å²) < 4.78 is 39.0. The second-order valence-corrected chi connectivity index (χ2v) is 8.37. The number of halogens is 3. The van der Waals surface area contributed by atoms with Gasteiger partial charge in [0.2, 0.25) is 5.91 Å². The van der Waals surface area contributed by atoms with Gasteiger partial charge in [-0.1, -0.05) is 32.1 Å². The van der Waals surface area contributed by atoms with E-state index in [4.69, 9.17) is 0 Å². The SMILES string of the molecule is CCC(CC)NC(=O)[C@@H]1C=C2c3cccc4[nH]cc(c34)C[C@H]2N(CCC(F)(F)F)C1. The molecule has 0 unspecified atom stereocenters. The van der Waals surface area contributed by atoms with E-state index in [0.29, 0.717) is 13.0 Å². The number of amides is 1. The van der Waals surface area contributed by atoms with Gasteiger partial charge in [-0.2, -0.15) is 13.2 Å². The smallest absolute Gasteiger partial charge is 0.361 e. The molecule has 1 aliphatic heterocycles. The molecule has 0 bridgehead atoms. The van der Waals surface area contributed by atoms with Gasteiger partial charge in [0.25, 0.3) is 0 Å². The lowest BCUT2D eigenvalue weighted by Gasteiger charge is -2.42. The summed E-state index contributed by atoms with van der Waals surface area (Å²) in [4.78, 5) is 18.1. The highest BCUT2D eigenvalue weighted by atomic mass is 19.4. The number of hydrogen-bond acceptors (Lipinski definition) is 2. The van der Waals surface area contributed by atoms with E-state index >= 15 is 0 Å². The zero-order chi connectivity index (χ0) is 21.5. The van der Waals surface area contributed by atoms with Crippen molar-refractivity contribution in [2.75, 3.05) is 13.1 Å². The fraction of sp³-hybridized carbons (Fsp3) is 0.522. The van der Waals surface area contributed by atoms with Gasteiger partial charge in [-0.05, 0) is 42.0 Å². The Labute approximate surface area is 174 Å². The summed E-state index contributed by atoms with van der Waals surface area (Å²) in [5, 5.41) is 4.20. The lowest BCUT2D eigenvalue weighted by molar-refractivity contribution is -0.139. The number of benzene rings is 1. The highest BCUT2D eigenvalue weighted by Gasteiger charge is 2.39. The summed E-state index contributed by atoms with van der Waals surface area (Å²) >= 11 is 0. The van der Waals surface area contributed by atoms with Crippen molar-refractivity contribution >= 4 is 22.4 Å². The number of aromatic amines is 1. The molecule has 7 heteroatoms. The summed E-state index contributed by atoms with van der Waals surface area (Å²) in [6, 6.07) is 5.92. The molecular formula is C23H28F3N3O. The van der Waals surface area contributed by atoms with Crippen LogP contribution >= 0.6 is 0 Å². The van der Waals surface area contributed by atoms with Crippen LogP contribution in [0.4, 0.5) is 13.2 Å². The number of aromatic nitrogens is 1. The van der Waals surface area contributed by atoms with Crippen molar-refractivity contribution in [2.24, 2.45) is 5.92 Å². The van der Waals surface area contributed by atoms with E-state index in [-0.39, 0.29) is 24.5 Å². The summed E-state index contributed by atoms with van der Waals surface area (Å²) in [6.07, 6.45) is 1.18. The molecule has 0 spiro atoms. The molecule has 0 radical (unpaired) electrons. The molecule has 2 atom stereocenters. The molecule has 0 fully saturated rings. The zero-order valence-corrected chi connectivity index (χ0v) is 17.4. The normalized spacial score (nSPS) is 21.6. The fourth-order valence-corrected chi connectivity index (χ4v) is 4.81. The topological polar surface area (TPSA) is 48.1 Å². The van der Waals surface area contributed by atoms with Crippen molar-refractivity contribution in [1.82, 2.24) is 15.2 Å². The molecule has 0 saturated carbocycles. The second-order valence-electron chi connectivity index (χ2n) is 8.37. The minimum Gasteiger partial charge on any atom is -0.361 e. The van der Waals surface area contributed by atoms with Crippen molar-refractivity contribution in [3.8, 4) is 0 Å². The van der Waals surface area contributed by atoms with Crippen molar-refractivity contribution in [3.63, 3.8) is 0 Å². The van der Waals surface area contributed by atoms with E-state index < -0.39 is 18.5 Å². The van der Waals surface area contributed by atoms with Crippen LogP contribution < -0.4 is 5.32 Å². The summed E-state index contributed by atoms with van der Waals surface area (Å²) in [7, 11) is 0. The summed E-state index contributed by atoms with van der Waals surface area (Å²) in [6.45, 7) is 4.26. The number of H-pyrrole nitrogens is 1. The molecule has 2 aliphatic rings. The van der Waals surface area contributed by atoms with Crippen LogP contribution in [0.15, 0.2) is 30.5 Å². The van der Waals surface area contributed by atoms with Crippen LogP contribution in [0.3, 0.4) is 0 Å². The molecule has 2 heterocycles. The molecule has 1 aromatic heterocycles. The third-order valence-corrected chi connectivity index (χ3v) is 6.47. The molecule has 4 rings (SSSR count). The van der Waals surface area contributed by atoms with Gasteiger partial charge in [-0.3, -0.25) is 9.69 Å². The summed E-state index contributed by atoms with van der Waals surface area (Å²) in [5.74, 6) is -0.556. The van der Waals surface area contributed by atoms with Gasteiger partial charge >= 0.3 is 6.18 Å². The maximum absolute atomic E-state index is 13.0. The Hall–Kier alpha value is -2.28. The van der Waals surface area contributed by atoms with Gasteiger partial charge < -0.3 is 10.3 Å². The lowest BCUT2D eigenvalue weighted by atomic mass is 9.79. The van der Waals surface area contributed by atoms with Crippen molar-refractivity contribution < 1.29 is 18.0 Å². The molecular weight excluding hydrogens is 391 g/mol. The van der Waals surface area contributed by atoms with Gasteiger partial charge in [0.1, 0.15) is 0 Å². The van der Waals surface area contributed by atoms with Gasteiger partial charge in [0.05, 0.1) is 12.3 Å². The number of rotatable bonds is 6. The number of carbonyl (C=O) groups excluding carboxylic acids is 1. The molecule has 2 N–H and O–H groups in total. The largest absolute Gasteiger partial charge is 0.390 e. The van der Waals surface area contributed by atoms with E-state index in [2.05, 4.69) is 10.3 Å². The minimum atomic E-state index is -4.22. The first-order valence-electron chi connectivity index (χ1n) is 10.7. The predicted octanol–water partition coefficient (Wildman–Crippen LogP) is 4.67. The predicted molar refractivity (Wildman–Crippen MR) is 112 cm³/mol. The molecule has 30 heavy (non-hydrogen) atoms. The first-order chi connectivity index (χ1) is 14.3. The van der Waals surface area contributed by atoms with Crippen LogP contribution in [0.5, 0.6) is 0 Å². The molecule has 162 valence electrons. The Balaban J connectivity index is 1.70. The van der Waals surface area contributed by atoms with Crippen LogP contribution in [0.2, 0.25) is 0 Å². The van der Waals surface area contributed by atoms with Crippen molar-refractivity contribution in [1.29, 1.82) is 0 Å². The first-order valence-corrected chi connectivity index (χ1v) is 10.7. The molecule has 0 saturated heterocycles. The van der Waals surface area contributed by atoms with E-state index in [0.717, 1.165) is 40.4 Å². The Morgan fingerprint density at radius 2 is 2.07 bits per heavy atom. The Morgan fingerprint density at radius 1 is 1.30 bits per heavy atom. The summed E-state index contributed by atoms with van der Waals surface area (Å²) in [5.41, 5.74) is 4.15. The molecule has 1 aliphatic carbocycles. The van der Waals surface area contributed by atoms with E-state index in [9.17, 15) is 18.0 Å².